The molecule has 2 nitrogen and oxygen atoms in total. The van der Waals surface area contributed by atoms with Crippen LogP contribution >= 0.6 is 0 Å². The van der Waals surface area contributed by atoms with Gasteiger partial charge in [0.25, 0.3) is 0 Å². The average Bonchev–Trinajstić information content (AvgIpc) is 2.81. The molecular formula is C16H32N2. The maximum atomic E-state index is 6.40. The Labute approximate surface area is 113 Å². The Bertz CT molecular complexity index is 251. The van der Waals surface area contributed by atoms with Crippen molar-refractivity contribution in [2.45, 2.75) is 71.4 Å². The fourth-order valence-corrected chi connectivity index (χ4v) is 4.01. The summed E-state index contributed by atoms with van der Waals surface area (Å²) >= 11 is 0. The van der Waals surface area contributed by atoms with Gasteiger partial charge in [0.2, 0.25) is 0 Å². The van der Waals surface area contributed by atoms with Crippen molar-refractivity contribution >= 4 is 0 Å². The quantitative estimate of drug-likeness (QED) is 0.832. The van der Waals surface area contributed by atoms with Crippen LogP contribution in [0.2, 0.25) is 0 Å². The van der Waals surface area contributed by atoms with Crippen molar-refractivity contribution in [2.75, 3.05) is 13.1 Å². The van der Waals surface area contributed by atoms with Crippen LogP contribution in [0.15, 0.2) is 0 Å². The molecule has 1 aliphatic carbocycles. The molecule has 2 N–H and O–H groups in total. The number of likely N-dealkylation sites (tertiary alicyclic amines) is 1. The summed E-state index contributed by atoms with van der Waals surface area (Å²) in [4.78, 5) is 2.72. The van der Waals surface area contributed by atoms with Gasteiger partial charge in [0.05, 0.1) is 0 Å². The van der Waals surface area contributed by atoms with Crippen LogP contribution in [-0.2, 0) is 0 Å². The van der Waals surface area contributed by atoms with Crippen LogP contribution in [0.5, 0.6) is 0 Å². The summed E-state index contributed by atoms with van der Waals surface area (Å²) in [5.74, 6) is 2.68. The highest BCUT2D eigenvalue weighted by Crippen LogP contribution is 2.34. The monoisotopic (exact) mass is 252 g/mol. The molecule has 1 saturated carbocycles. The summed E-state index contributed by atoms with van der Waals surface area (Å²) in [6, 6.07) is 1.11. The van der Waals surface area contributed by atoms with Gasteiger partial charge in [-0.25, -0.2) is 0 Å². The van der Waals surface area contributed by atoms with Gasteiger partial charge in [-0.05, 0) is 50.0 Å². The zero-order valence-corrected chi connectivity index (χ0v) is 12.6. The fraction of sp³-hybridized carbons (Fsp3) is 1.00. The van der Waals surface area contributed by atoms with E-state index in [2.05, 4.69) is 25.7 Å². The minimum absolute atomic E-state index is 0.434. The van der Waals surface area contributed by atoms with Gasteiger partial charge in [-0.15, -0.1) is 0 Å². The second kappa shape index (κ2) is 6.38. The summed E-state index contributed by atoms with van der Waals surface area (Å²) in [6.07, 6.45) is 8.11. The second-order valence-corrected chi connectivity index (χ2v) is 6.99. The first kappa shape index (κ1) is 14.3. The molecular weight excluding hydrogens is 220 g/mol. The van der Waals surface area contributed by atoms with Gasteiger partial charge in [-0.1, -0.05) is 33.6 Å². The molecule has 0 radical (unpaired) electrons. The summed E-state index contributed by atoms with van der Waals surface area (Å²) in [5, 5.41) is 0. The Morgan fingerprint density at radius 2 is 2.00 bits per heavy atom. The summed E-state index contributed by atoms with van der Waals surface area (Å²) in [6.45, 7) is 9.65. The van der Waals surface area contributed by atoms with E-state index in [1.165, 1.54) is 51.6 Å². The highest BCUT2D eigenvalue weighted by atomic mass is 15.2. The number of hydrogen-bond donors (Lipinski definition) is 1. The SMILES string of the molecule is CCCC1CCC(N)C(N2CCC(C(C)C)C2)C1. The molecule has 4 atom stereocenters. The zero-order chi connectivity index (χ0) is 13.1. The van der Waals surface area contributed by atoms with Crippen molar-refractivity contribution in [3.8, 4) is 0 Å². The predicted molar refractivity (Wildman–Crippen MR) is 78.5 cm³/mol. The van der Waals surface area contributed by atoms with Crippen LogP contribution in [0.3, 0.4) is 0 Å². The van der Waals surface area contributed by atoms with Gasteiger partial charge in [-0.3, -0.25) is 4.90 Å². The first-order valence-electron chi connectivity index (χ1n) is 8.11. The third-order valence-electron chi connectivity index (χ3n) is 5.34. The first-order chi connectivity index (χ1) is 8.61. The Morgan fingerprint density at radius 3 is 2.61 bits per heavy atom. The van der Waals surface area contributed by atoms with Gasteiger partial charge < -0.3 is 5.73 Å². The molecule has 2 heteroatoms. The molecule has 2 aliphatic rings. The van der Waals surface area contributed by atoms with Gasteiger partial charge in [0, 0.05) is 18.6 Å². The smallest absolute Gasteiger partial charge is 0.0249 e. The number of nitrogens with zero attached hydrogens (tertiary/aromatic N) is 1. The number of hydrogen-bond acceptors (Lipinski definition) is 2. The molecule has 18 heavy (non-hydrogen) atoms. The van der Waals surface area contributed by atoms with E-state index in [4.69, 9.17) is 5.73 Å². The Hall–Kier alpha value is -0.0800. The van der Waals surface area contributed by atoms with E-state index >= 15 is 0 Å². The van der Waals surface area contributed by atoms with E-state index in [-0.39, 0.29) is 0 Å². The molecule has 0 aromatic rings. The van der Waals surface area contributed by atoms with Gasteiger partial charge >= 0.3 is 0 Å². The normalized spacial score (nSPS) is 38.5. The molecule has 0 aromatic carbocycles. The zero-order valence-electron chi connectivity index (χ0n) is 12.6. The molecule has 4 unspecified atom stereocenters. The van der Waals surface area contributed by atoms with Crippen LogP contribution in [-0.4, -0.2) is 30.1 Å². The minimum atomic E-state index is 0.434. The Kier molecular flexibility index (Phi) is 5.08. The lowest BCUT2D eigenvalue weighted by atomic mass is 9.80. The van der Waals surface area contributed by atoms with E-state index in [1.807, 2.05) is 0 Å². The maximum Gasteiger partial charge on any atom is 0.0249 e. The third kappa shape index (κ3) is 3.27. The van der Waals surface area contributed by atoms with E-state index in [1.54, 1.807) is 0 Å². The van der Waals surface area contributed by atoms with Crippen molar-refractivity contribution in [1.29, 1.82) is 0 Å². The third-order valence-corrected chi connectivity index (χ3v) is 5.34. The van der Waals surface area contributed by atoms with E-state index < -0.39 is 0 Å². The van der Waals surface area contributed by atoms with Crippen LogP contribution < -0.4 is 5.73 Å². The first-order valence-corrected chi connectivity index (χ1v) is 8.11. The molecule has 106 valence electrons. The minimum Gasteiger partial charge on any atom is -0.326 e. The van der Waals surface area contributed by atoms with Crippen LogP contribution in [0.1, 0.15) is 59.3 Å². The van der Waals surface area contributed by atoms with Gasteiger partial charge in [0.15, 0.2) is 0 Å². The van der Waals surface area contributed by atoms with E-state index in [9.17, 15) is 0 Å². The van der Waals surface area contributed by atoms with E-state index in [0.29, 0.717) is 12.1 Å². The van der Waals surface area contributed by atoms with Crippen molar-refractivity contribution in [1.82, 2.24) is 4.90 Å². The molecule has 1 aliphatic heterocycles. The highest BCUT2D eigenvalue weighted by molar-refractivity contribution is 4.92. The summed E-state index contributed by atoms with van der Waals surface area (Å²) < 4.78 is 0. The van der Waals surface area contributed by atoms with Gasteiger partial charge in [-0.2, -0.15) is 0 Å². The number of rotatable bonds is 4. The summed E-state index contributed by atoms with van der Waals surface area (Å²) in [5.41, 5.74) is 6.40. The lowest BCUT2D eigenvalue weighted by Gasteiger charge is -2.40. The van der Waals surface area contributed by atoms with Gasteiger partial charge in [0.1, 0.15) is 0 Å². The van der Waals surface area contributed by atoms with E-state index in [0.717, 1.165) is 17.8 Å². The molecule has 0 aromatic heterocycles. The lowest BCUT2D eigenvalue weighted by Crippen LogP contribution is -2.50. The second-order valence-electron chi connectivity index (χ2n) is 6.99. The molecule has 1 heterocycles. The molecule has 0 bridgehead atoms. The Morgan fingerprint density at radius 1 is 1.22 bits per heavy atom. The van der Waals surface area contributed by atoms with Crippen molar-refractivity contribution < 1.29 is 0 Å². The standard InChI is InChI=1S/C16H32N2/c1-4-5-13-6-7-15(17)16(10-13)18-9-8-14(11-18)12(2)3/h12-16H,4-11,17H2,1-3H3. The highest BCUT2D eigenvalue weighted by Gasteiger charge is 2.36. The average molecular weight is 252 g/mol. The Balaban J connectivity index is 1.90. The molecule has 0 spiro atoms. The lowest BCUT2D eigenvalue weighted by molar-refractivity contribution is 0.125. The number of nitrogens with two attached hydrogens (primary N) is 1. The molecule has 2 fully saturated rings. The van der Waals surface area contributed by atoms with Crippen molar-refractivity contribution in [3.63, 3.8) is 0 Å². The van der Waals surface area contributed by atoms with Crippen LogP contribution in [0.25, 0.3) is 0 Å². The van der Waals surface area contributed by atoms with Crippen LogP contribution in [0.4, 0.5) is 0 Å². The van der Waals surface area contributed by atoms with Crippen molar-refractivity contribution in [2.24, 2.45) is 23.5 Å². The topological polar surface area (TPSA) is 29.3 Å². The molecule has 2 rings (SSSR count). The summed E-state index contributed by atoms with van der Waals surface area (Å²) in [7, 11) is 0. The fourth-order valence-electron chi connectivity index (χ4n) is 4.01. The van der Waals surface area contributed by atoms with Crippen LogP contribution in [0, 0.1) is 17.8 Å². The largest absolute Gasteiger partial charge is 0.326 e. The van der Waals surface area contributed by atoms with Crippen molar-refractivity contribution in [3.05, 3.63) is 0 Å². The predicted octanol–water partition coefficient (Wildman–Crippen LogP) is 3.26. The molecule has 0 amide bonds. The molecule has 1 saturated heterocycles. The maximum absolute atomic E-state index is 6.40.